The van der Waals surface area contributed by atoms with Gasteiger partial charge in [0.25, 0.3) is 5.79 Å². The van der Waals surface area contributed by atoms with Gasteiger partial charge in [-0.2, -0.15) is 0 Å². The summed E-state index contributed by atoms with van der Waals surface area (Å²) in [5.74, 6) is -2.32. The van der Waals surface area contributed by atoms with Gasteiger partial charge in [-0.3, -0.25) is 14.6 Å². The van der Waals surface area contributed by atoms with Gasteiger partial charge in [0.15, 0.2) is 0 Å². The van der Waals surface area contributed by atoms with Gasteiger partial charge in [0.2, 0.25) is 0 Å². The zero-order valence-electron chi connectivity index (χ0n) is 15.4. The third kappa shape index (κ3) is 3.75. The lowest BCUT2D eigenvalue weighted by molar-refractivity contribution is -0.225. The SMILES string of the molecule is O=C1CCC(=O)OC2(CNCCc3c2ccc(Cl)c3CCc2cccnc2)O1. The molecule has 2 aliphatic heterocycles. The molecule has 3 heterocycles. The van der Waals surface area contributed by atoms with Crippen LogP contribution in [0.25, 0.3) is 0 Å². The van der Waals surface area contributed by atoms with E-state index in [0.29, 0.717) is 30.0 Å². The Kier molecular flexibility index (Phi) is 5.33. The second kappa shape index (κ2) is 7.89. The molecule has 0 bridgehead atoms. The molecule has 0 amide bonds. The summed E-state index contributed by atoms with van der Waals surface area (Å²) in [6.07, 6.45) is 5.84. The average Bonchev–Trinajstić information content (AvgIpc) is 2.95. The number of benzene rings is 1. The molecule has 0 saturated carbocycles. The van der Waals surface area contributed by atoms with Crippen LogP contribution in [0.5, 0.6) is 0 Å². The van der Waals surface area contributed by atoms with E-state index in [4.69, 9.17) is 21.1 Å². The third-order valence-electron chi connectivity index (χ3n) is 5.17. The maximum atomic E-state index is 12.2. The number of carbonyl (C=O) groups excluding carboxylic acids is 2. The van der Waals surface area contributed by atoms with E-state index >= 15 is 0 Å². The molecule has 1 aromatic carbocycles. The fourth-order valence-electron chi connectivity index (χ4n) is 3.83. The zero-order valence-corrected chi connectivity index (χ0v) is 16.1. The van der Waals surface area contributed by atoms with E-state index < -0.39 is 17.7 Å². The first-order valence-electron chi connectivity index (χ1n) is 9.41. The van der Waals surface area contributed by atoms with E-state index in [0.717, 1.165) is 23.1 Å². The van der Waals surface area contributed by atoms with Crippen molar-refractivity contribution in [3.63, 3.8) is 0 Å². The number of ether oxygens (including phenoxy) is 2. The van der Waals surface area contributed by atoms with Gasteiger partial charge in [-0.15, -0.1) is 0 Å². The van der Waals surface area contributed by atoms with Crippen LogP contribution in [0.3, 0.4) is 0 Å². The Morgan fingerprint density at radius 1 is 1.07 bits per heavy atom. The number of hydrogen-bond acceptors (Lipinski definition) is 6. The van der Waals surface area contributed by atoms with Crippen molar-refractivity contribution in [3.05, 3.63) is 63.9 Å². The number of fused-ring (bicyclic) bond motifs is 2. The van der Waals surface area contributed by atoms with Gasteiger partial charge in [-0.05, 0) is 60.7 Å². The van der Waals surface area contributed by atoms with Crippen molar-refractivity contribution < 1.29 is 19.1 Å². The molecule has 1 N–H and O–H groups in total. The molecule has 0 radical (unpaired) electrons. The van der Waals surface area contributed by atoms with Gasteiger partial charge in [0.1, 0.15) is 0 Å². The fourth-order valence-corrected chi connectivity index (χ4v) is 4.10. The minimum absolute atomic E-state index is 0.0252. The minimum Gasteiger partial charge on any atom is -0.416 e. The molecule has 0 atom stereocenters. The molecule has 7 heteroatoms. The van der Waals surface area contributed by atoms with Crippen LogP contribution >= 0.6 is 11.6 Å². The number of rotatable bonds is 3. The Hall–Kier alpha value is -2.44. The van der Waals surface area contributed by atoms with Crippen molar-refractivity contribution in [2.45, 2.75) is 37.9 Å². The summed E-state index contributed by atoms with van der Waals surface area (Å²) in [5, 5.41) is 3.89. The van der Waals surface area contributed by atoms with Crippen molar-refractivity contribution in [2.24, 2.45) is 0 Å². The first-order valence-corrected chi connectivity index (χ1v) is 9.79. The molecule has 2 aromatic rings. The predicted octanol–water partition coefficient (Wildman–Crippen LogP) is 2.70. The van der Waals surface area contributed by atoms with Gasteiger partial charge in [0, 0.05) is 23.0 Å². The van der Waals surface area contributed by atoms with Crippen molar-refractivity contribution in [3.8, 4) is 0 Å². The van der Waals surface area contributed by atoms with Gasteiger partial charge >= 0.3 is 11.9 Å². The van der Waals surface area contributed by atoms with E-state index in [2.05, 4.69) is 10.3 Å². The summed E-state index contributed by atoms with van der Waals surface area (Å²) in [6, 6.07) is 7.54. The summed E-state index contributed by atoms with van der Waals surface area (Å²) >= 11 is 6.55. The van der Waals surface area contributed by atoms with Gasteiger partial charge < -0.3 is 14.8 Å². The molecule has 1 spiro atoms. The van der Waals surface area contributed by atoms with Crippen LogP contribution in [-0.4, -0.2) is 30.0 Å². The Balaban J connectivity index is 1.74. The number of aromatic nitrogens is 1. The Morgan fingerprint density at radius 3 is 2.57 bits per heavy atom. The molecule has 1 saturated heterocycles. The Bertz CT molecular complexity index is 883. The number of esters is 2. The first kappa shape index (κ1) is 18.9. The molecule has 4 rings (SSSR count). The normalized spacial score (nSPS) is 18.6. The van der Waals surface area contributed by atoms with Crippen molar-refractivity contribution in [1.82, 2.24) is 10.3 Å². The van der Waals surface area contributed by atoms with Crippen molar-refractivity contribution in [1.29, 1.82) is 0 Å². The van der Waals surface area contributed by atoms with Crippen molar-refractivity contribution >= 4 is 23.5 Å². The predicted molar refractivity (Wildman–Crippen MR) is 103 cm³/mol. The second-order valence-electron chi connectivity index (χ2n) is 7.04. The molecule has 2 aliphatic rings. The van der Waals surface area contributed by atoms with E-state index in [1.165, 1.54) is 0 Å². The fraction of sp³-hybridized carbons (Fsp3) is 0.381. The summed E-state index contributed by atoms with van der Waals surface area (Å²) in [5.41, 5.74) is 3.78. The first-order chi connectivity index (χ1) is 13.6. The molecule has 6 nitrogen and oxygen atoms in total. The highest BCUT2D eigenvalue weighted by atomic mass is 35.5. The molecule has 28 heavy (non-hydrogen) atoms. The van der Waals surface area contributed by atoms with E-state index in [9.17, 15) is 9.59 Å². The molecular formula is C21H21ClN2O4. The Labute approximate surface area is 168 Å². The molecule has 1 fully saturated rings. The van der Waals surface area contributed by atoms with Gasteiger partial charge in [-0.25, -0.2) is 0 Å². The third-order valence-corrected chi connectivity index (χ3v) is 5.53. The maximum absolute atomic E-state index is 12.2. The highest BCUT2D eigenvalue weighted by Gasteiger charge is 2.45. The smallest absolute Gasteiger partial charge is 0.309 e. The standard InChI is InChI=1S/C21H21ClN2O4/c22-18-6-5-17-15(16(18)4-3-14-2-1-10-23-12-14)9-11-24-13-21(17)27-19(25)7-8-20(26)28-21/h1-2,5-6,10,12,24H,3-4,7-9,11,13H2. The summed E-state index contributed by atoms with van der Waals surface area (Å²) in [6.45, 7) is 0.894. The number of nitrogens with zero attached hydrogens (tertiary/aromatic N) is 1. The van der Waals surface area contributed by atoms with E-state index in [1.807, 2.05) is 24.4 Å². The second-order valence-corrected chi connectivity index (χ2v) is 7.45. The van der Waals surface area contributed by atoms with Crippen LogP contribution < -0.4 is 5.32 Å². The van der Waals surface area contributed by atoms with Crippen LogP contribution in [0.1, 0.15) is 35.1 Å². The zero-order chi connectivity index (χ0) is 19.6. The molecule has 1 aromatic heterocycles. The minimum atomic E-state index is -1.44. The maximum Gasteiger partial charge on any atom is 0.309 e. The topological polar surface area (TPSA) is 77.5 Å². The largest absolute Gasteiger partial charge is 0.416 e. The lowest BCUT2D eigenvalue weighted by Crippen LogP contribution is -2.43. The van der Waals surface area contributed by atoms with E-state index in [-0.39, 0.29) is 19.4 Å². The van der Waals surface area contributed by atoms with Gasteiger partial charge in [-0.1, -0.05) is 17.7 Å². The van der Waals surface area contributed by atoms with Crippen LogP contribution in [0.2, 0.25) is 5.02 Å². The number of pyridine rings is 1. The van der Waals surface area contributed by atoms with Crippen LogP contribution in [0, 0.1) is 0 Å². The molecular weight excluding hydrogens is 380 g/mol. The number of aryl methyl sites for hydroxylation is 1. The quantitative estimate of drug-likeness (QED) is 0.798. The number of halogens is 1. The monoisotopic (exact) mass is 400 g/mol. The summed E-state index contributed by atoms with van der Waals surface area (Å²) < 4.78 is 11.4. The number of hydrogen-bond donors (Lipinski definition) is 1. The van der Waals surface area contributed by atoms with Crippen molar-refractivity contribution in [2.75, 3.05) is 13.1 Å². The van der Waals surface area contributed by atoms with Crippen LogP contribution in [-0.2, 0) is 44.1 Å². The highest BCUT2D eigenvalue weighted by molar-refractivity contribution is 6.31. The lowest BCUT2D eigenvalue weighted by Gasteiger charge is -2.32. The lowest BCUT2D eigenvalue weighted by atomic mass is 9.90. The molecule has 0 aliphatic carbocycles. The van der Waals surface area contributed by atoms with Crippen LogP contribution in [0.4, 0.5) is 0 Å². The summed E-state index contributed by atoms with van der Waals surface area (Å²) in [7, 11) is 0. The number of nitrogens with one attached hydrogen (secondary N) is 1. The molecule has 146 valence electrons. The Morgan fingerprint density at radius 2 is 1.86 bits per heavy atom. The number of carbonyl (C=O) groups is 2. The summed E-state index contributed by atoms with van der Waals surface area (Å²) in [4.78, 5) is 28.5. The molecule has 0 unspecified atom stereocenters. The van der Waals surface area contributed by atoms with Gasteiger partial charge in [0.05, 0.1) is 19.4 Å². The average molecular weight is 401 g/mol. The van der Waals surface area contributed by atoms with Crippen LogP contribution in [0.15, 0.2) is 36.7 Å². The van der Waals surface area contributed by atoms with E-state index in [1.54, 1.807) is 12.3 Å². The highest BCUT2D eigenvalue weighted by Crippen LogP contribution is 2.38.